The average molecular weight is 197 g/mol. The standard InChI is InChI=1S/C9H11NO4/c11-7-4-5-8(12)10(7)14-9(13)6-2-1-3-6/h6H,1-5H2. The van der Waals surface area contributed by atoms with Crippen LogP contribution in [0.4, 0.5) is 0 Å². The predicted octanol–water partition coefficient (Wildman–Crippen LogP) is 0.394. The number of rotatable bonds is 2. The fourth-order valence-corrected chi connectivity index (χ4v) is 1.47. The number of hydrogen-bond donors (Lipinski definition) is 0. The number of hydrogen-bond acceptors (Lipinski definition) is 4. The van der Waals surface area contributed by atoms with Gasteiger partial charge >= 0.3 is 5.97 Å². The van der Waals surface area contributed by atoms with Gasteiger partial charge in [-0.15, -0.1) is 5.06 Å². The first-order valence-electron chi connectivity index (χ1n) is 4.76. The Balaban J connectivity index is 1.92. The van der Waals surface area contributed by atoms with Crippen LogP contribution in [0.3, 0.4) is 0 Å². The van der Waals surface area contributed by atoms with Gasteiger partial charge in [-0.05, 0) is 12.8 Å². The lowest BCUT2D eigenvalue weighted by Gasteiger charge is -2.24. The summed E-state index contributed by atoms with van der Waals surface area (Å²) in [6, 6.07) is 0. The van der Waals surface area contributed by atoms with Gasteiger partial charge in [-0.3, -0.25) is 9.59 Å². The fourth-order valence-electron chi connectivity index (χ4n) is 1.47. The molecule has 0 aromatic heterocycles. The predicted molar refractivity (Wildman–Crippen MR) is 44.5 cm³/mol. The zero-order chi connectivity index (χ0) is 10.1. The number of nitrogens with zero attached hydrogens (tertiary/aromatic N) is 1. The number of carbonyl (C=O) groups is 3. The topological polar surface area (TPSA) is 63.7 Å². The molecule has 2 fully saturated rings. The van der Waals surface area contributed by atoms with Gasteiger partial charge in [-0.2, -0.15) is 0 Å². The molecule has 1 heterocycles. The maximum atomic E-state index is 11.3. The zero-order valence-electron chi connectivity index (χ0n) is 7.69. The maximum absolute atomic E-state index is 11.3. The minimum atomic E-state index is -0.445. The molecule has 0 atom stereocenters. The quantitative estimate of drug-likeness (QED) is 0.601. The Morgan fingerprint density at radius 2 is 1.79 bits per heavy atom. The third-order valence-electron chi connectivity index (χ3n) is 2.63. The van der Waals surface area contributed by atoms with Crippen LogP contribution in [0.5, 0.6) is 0 Å². The Bertz CT molecular complexity index is 279. The number of carbonyl (C=O) groups excluding carboxylic acids is 3. The Labute approximate surface area is 81.0 Å². The van der Waals surface area contributed by atoms with Crippen LogP contribution < -0.4 is 0 Å². The highest BCUT2D eigenvalue weighted by molar-refractivity contribution is 6.01. The smallest absolute Gasteiger partial charge is 0.330 e. The van der Waals surface area contributed by atoms with E-state index >= 15 is 0 Å². The highest BCUT2D eigenvalue weighted by atomic mass is 16.7. The van der Waals surface area contributed by atoms with Gasteiger partial charge < -0.3 is 4.84 Å². The van der Waals surface area contributed by atoms with Crippen molar-refractivity contribution < 1.29 is 19.2 Å². The van der Waals surface area contributed by atoms with Crippen LogP contribution in [0.1, 0.15) is 32.1 Å². The SMILES string of the molecule is O=C(ON1C(=O)CCC1=O)C1CCC1. The molecule has 5 nitrogen and oxygen atoms in total. The van der Waals surface area contributed by atoms with E-state index in [0.717, 1.165) is 19.3 Å². The van der Waals surface area contributed by atoms with Crippen LogP contribution in [0, 0.1) is 5.92 Å². The van der Waals surface area contributed by atoms with E-state index < -0.39 is 17.8 Å². The van der Waals surface area contributed by atoms with Crippen LogP contribution >= 0.6 is 0 Å². The molecule has 76 valence electrons. The molecule has 0 unspecified atom stereocenters. The summed E-state index contributed by atoms with van der Waals surface area (Å²) in [6.45, 7) is 0. The van der Waals surface area contributed by atoms with Crippen LogP contribution in [0.15, 0.2) is 0 Å². The maximum Gasteiger partial charge on any atom is 0.336 e. The Kier molecular flexibility index (Phi) is 2.23. The first kappa shape index (κ1) is 9.18. The van der Waals surface area contributed by atoms with Gasteiger partial charge in [0.25, 0.3) is 11.8 Å². The van der Waals surface area contributed by atoms with Crippen LogP contribution in [0.25, 0.3) is 0 Å². The molecule has 0 spiro atoms. The summed E-state index contributed by atoms with van der Waals surface area (Å²) in [5.41, 5.74) is 0. The second-order valence-corrected chi connectivity index (χ2v) is 3.62. The Morgan fingerprint density at radius 3 is 2.21 bits per heavy atom. The van der Waals surface area contributed by atoms with E-state index in [-0.39, 0.29) is 18.8 Å². The van der Waals surface area contributed by atoms with E-state index in [9.17, 15) is 14.4 Å². The van der Waals surface area contributed by atoms with Crippen LogP contribution in [-0.2, 0) is 19.2 Å². The van der Waals surface area contributed by atoms with Gasteiger partial charge in [-0.1, -0.05) is 6.42 Å². The van der Waals surface area contributed by atoms with E-state index in [1.54, 1.807) is 0 Å². The third-order valence-corrected chi connectivity index (χ3v) is 2.63. The molecule has 1 saturated carbocycles. The van der Waals surface area contributed by atoms with Gasteiger partial charge in [0, 0.05) is 12.8 Å². The minimum Gasteiger partial charge on any atom is -0.330 e. The second-order valence-electron chi connectivity index (χ2n) is 3.62. The van der Waals surface area contributed by atoms with Crippen molar-refractivity contribution in [1.82, 2.24) is 5.06 Å². The van der Waals surface area contributed by atoms with Crippen molar-refractivity contribution in [2.75, 3.05) is 0 Å². The van der Waals surface area contributed by atoms with E-state index in [2.05, 4.69) is 0 Å². The Hall–Kier alpha value is -1.39. The molecule has 0 radical (unpaired) electrons. The van der Waals surface area contributed by atoms with Crippen LogP contribution in [0.2, 0.25) is 0 Å². The highest BCUT2D eigenvalue weighted by Crippen LogP contribution is 2.28. The third kappa shape index (κ3) is 1.49. The fraction of sp³-hybridized carbons (Fsp3) is 0.667. The molecule has 0 aromatic rings. The number of hydroxylamine groups is 2. The van der Waals surface area contributed by atoms with Crippen molar-refractivity contribution in [3.05, 3.63) is 0 Å². The summed E-state index contributed by atoms with van der Waals surface area (Å²) in [4.78, 5) is 38.2. The highest BCUT2D eigenvalue weighted by Gasteiger charge is 2.36. The molecule has 1 saturated heterocycles. The van der Waals surface area contributed by atoms with Crippen molar-refractivity contribution in [2.45, 2.75) is 32.1 Å². The molecule has 1 aliphatic heterocycles. The lowest BCUT2D eigenvalue weighted by atomic mass is 9.86. The first-order valence-corrected chi connectivity index (χ1v) is 4.76. The summed E-state index contributed by atoms with van der Waals surface area (Å²) in [5.74, 6) is -1.39. The minimum absolute atomic E-state index is 0.115. The number of imide groups is 1. The summed E-state index contributed by atoms with van der Waals surface area (Å²) < 4.78 is 0. The van der Waals surface area contributed by atoms with Gasteiger partial charge in [0.1, 0.15) is 0 Å². The van der Waals surface area contributed by atoms with E-state index in [4.69, 9.17) is 4.84 Å². The summed E-state index contributed by atoms with van der Waals surface area (Å²) in [7, 11) is 0. The molecular formula is C9H11NO4. The van der Waals surface area contributed by atoms with Gasteiger partial charge in [0.05, 0.1) is 5.92 Å². The van der Waals surface area contributed by atoms with E-state index in [1.807, 2.05) is 0 Å². The lowest BCUT2D eigenvalue weighted by molar-refractivity contribution is -0.202. The van der Waals surface area contributed by atoms with Gasteiger partial charge in [-0.25, -0.2) is 4.79 Å². The molecule has 5 heteroatoms. The van der Waals surface area contributed by atoms with Crippen molar-refractivity contribution in [3.8, 4) is 0 Å². The second kappa shape index (κ2) is 3.40. The first-order chi connectivity index (χ1) is 6.68. The van der Waals surface area contributed by atoms with Gasteiger partial charge in [0.2, 0.25) is 0 Å². The van der Waals surface area contributed by atoms with Crippen molar-refractivity contribution in [3.63, 3.8) is 0 Å². The molecule has 14 heavy (non-hydrogen) atoms. The number of amides is 2. The lowest BCUT2D eigenvalue weighted by Crippen LogP contribution is -2.36. The Morgan fingerprint density at radius 1 is 1.21 bits per heavy atom. The largest absolute Gasteiger partial charge is 0.336 e. The molecular weight excluding hydrogens is 186 g/mol. The normalized spacial score (nSPS) is 22.4. The van der Waals surface area contributed by atoms with Gasteiger partial charge in [0.15, 0.2) is 0 Å². The van der Waals surface area contributed by atoms with Crippen molar-refractivity contribution in [2.24, 2.45) is 5.92 Å². The molecule has 0 N–H and O–H groups in total. The van der Waals surface area contributed by atoms with E-state index in [0.29, 0.717) is 5.06 Å². The molecule has 2 aliphatic rings. The van der Waals surface area contributed by atoms with Crippen molar-refractivity contribution >= 4 is 17.8 Å². The summed E-state index contributed by atoms with van der Waals surface area (Å²) >= 11 is 0. The monoisotopic (exact) mass is 197 g/mol. The van der Waals surface area contributed by atoms with E-state index in [1.165, 1.54) is 0 Å². The van der Waals surface area contributed by atoms with Crippen LogP contribution in [-0.4, -0.2) is 22.8 Å². The molecule has 0 bridgehead atoms. The molecule has 1 aliphatic carbocycles. The molecule has 2 rings (SSSR count). The zero-order valence-corrected chi connectivity index (χ0v) is 7.69. The molecule has 2 amide bonds. The molecule has 0 aromatic carbocycles. The summed E-state index contributed by atoms with van der Waals surface area (Å²) in [5, 5.41) is 0.612. The summed E-state index contributed by atoms with van der Waals surface area (Å²) in [6.07, 6.45) is 2.92. The van der Waals surface area contributed by atoms with Crippen molar-refractivity contribution in [1.29, 1.82) is 0 Å². The average Bonchev–Trinajstić information content (AvgIpc) is 2.32.